The third-order valence-corrected chi connectivity index (χ3v) is 3.17. The number of hydrogen-bond donors (Lipinski definition) is 2. The van der Waals surface area contributed by atoms with Gasteiger partial charge in [-0.15, -0.1) is 0 Å². The van der Waals surface area contributed by atoms with Gasteiger partial charge in [0.05, 0.1) is 17.8 Å². The van der Waals surface area contributed by atoms with Gasteiger partial charge in [0.15, 0.2) is 0 Å². The van der Waals surface area contributed by atoms with Gasteiger partial charge in [0.25, 0.3) is 0 Å². The molecule has 4 heteroatoms. The number of anilines is 1. The molecule has 1 heterocycles. The minimum Gasteiger partial charge on any atom is -0.397 e. The molecule has 0 fully saturated rings. The zero-order valence-electron chi connectivity index (χ0n) is 10.5. The van der Waals surface area contributed by atoms with Crippen molar-refractivity contribution in [1.29, 1.82) is 0 Å². The standard InChI is InChI=1S/C15H15N3O/c16-12-7-4-8-13-14(12)17-15(18(13)9-10-19)11-5-2-1-3-6-11/h1-8,19H,9-10,16H2. The fourth-order valence-electron chi connectivity index (χ4n) is 2.30. The van der Waals surface area contributed by atoms with Crippen LogP contribution in [0, 0.1) is 0 Å². The number of aromatic nitrogens is 2. The van der Waals surface area contributed by atoms with Crippen molar-refractivity contribution in [3.05, 3.63) is 48.5 Å². The van der Waals surface area contributed by atoms with Crippen LogP contribution in [0.15, 0.2) is 48.5 Å². The lowest BCUT2D eigenvalue weighted by Crippen LogP contribution is -2.04. The summed E-state index contributed by atoms with van der Waals surface area (Å²) in [4.78, 5) is 4.63. The van der Waals surface area contributed by atoms with E-state index in [9.17, 15) is 5.11 Å². The van der Waals surface area contributed by atoms with Crippen molar-refractivity contribution in [2.45, 2.75) is 6.54 Å². The normalized spacial score (nSPS) is 11.0. The Kier molecular flexibility index (Phi) is 2.93. The number of para-hydroxylation sites is 1. The third kappa shape index (κ3) is 1.96. The number of nitrogens with two attached hydrogens (primary N) is 1. The van der Waals surface area contributed by atoms with E-state index < -0.39 is 0 Å². The van der Waals surface area contributed by atoms with E-state index in [0.29, 0.717) is 12.2 Å². The van der Waals surface area contributed by atoms with Crippen LogP contribution in [0.25, 0.3) is 22.4 Å². The van der Waals surface area contributed by atoms with Crippen LogP contribution in [0.1, 0.15) is 0 Å². The molecule has 0 spiro atoms. The number of imidazole rings is 1. The van der Waals surface area contributed by atoms with Crippen molar-refractivity contribution in [3.63, 3.8) is 0 Å². The monoisotopic (exact) mass is 253 g/mol. The highest BCUT2D eigenvalue weighted by Gasteiger charge is 2.13. The minimum atomic E-state index is 0.0695. The summed E-state index contributed by atoms with van der Waals surface area (Å²) in [6.07, 6.45) is 0. The molecule has 0 saturated heterocycles. The molecule has 0 unspecified atom stereocenters. The van der Waals surface area contributed by atoms with E-state index in [4.69, 9.17) is 5.73 Å². The minimum absolute atomic E-state index is 0.0695. The van der Waals surface area contributed by atoms with E-state index in [0.717, 1.165) is 22.4 Å². The van der Waals surface area contributed by atoms with Crippen LogP contribution in [-0.4, -0.2) is 21.3 Å². The molecule has 3 rings (SSSR count). The quantitative estimate of drug-likeness (QED) is 0.704. The van der Waals surface area contributed by atoms with Gasteiger partial charge in [-0.2, -0.15) is 0 Å². The number of benzene rings is 2. The van der Waals surface area contributed by atoms with E-state index in [1.165, 1.54) is 0 Å². The first-order valence-corrected chi connectivity index (χ1v) is 6.22. The van der Waals surface area contributed by atoms with Crippen molar-refractivity contribution < 1.29 is 5.11 Å². The van der Waals surface area contributed by atoms with E-state index in [-0.39, 0.29) is 6.61 Å². The van der Waals surface area contributed by atoms with Crippen LogP contribution in [0.3, 0.4) is 0 Å². The van der Waals surface area contributed by atoms with Crippen molar-refractivity contribution in [1.82, 2.24) is 9.55 Å². The van der Waals surface area contributed by atoms with Gasteiger partial charge in [-0.3, -0.25) is 0 Å². The van der Waals surface area contributed by atoms with Gasteiger partial charge in [-0.1, -0.05) is 36.4 Å². The predicted molar refractivity (Wildman–Crippen MR) is 76.7 cm³/mol. The Balaban J connectivity index is 2.29. The summed E-state index contributed by atoms with van der Waals surface area (Å²) >= 11 is 0. The van der Waals surface area contributed by atoms with Crippen LogP contribution in [-0.2, 0) is 6.54 Å². The number of aliphatic hydroxyl groups excluding tert-OH is 1. The lowest BCUT2D eigenvalue weighted by molar-refractivity contribution is 0.278. The molecule has 4 nitrogen and oxygen atoms in total. The SMILES string of the molecule is Nc1cccc2c1nc(-c1ccccc1)n2CCO. The Hall–Kier alpha value is -2.33. The molecule has 0 aliphatic carbocycles. The van der Waals surface area contributed by atoms with E-state index in [1.54, 1.807) is 0 Å². The van der Waals surface area contributed by atoms with Gasteiger partial charge in [0, 0.05) is 12.1 Å². The van der Waals surface area contributed by atoms with Crippen LogP contribution < -0.4 is 5.73 Å². The number of rotatable bonds is 3. The molecule has 2 aromatic carbocycles. The van der Waals surface area contributed by atoms with Gasteiger partial charge in [-0.05, 0) is 12.1 Å². The largest absolute Gasteiger partial charge is 0.397 e. The van der Waals surface area contributed by atoms with Crippen molar-refractivity contribution in [3.8, 4) is 11.4 Å². The molecule has 1 aromatic heterocycles. The molecule has 0 saturated carbocycles. The third-order valence-electron chi connectivity index (χ3n) is 3.17. The maximum Gasteiger partial charge on any atom is 0.141 e. The Morgan fingerprint density at radius 3 is 2.58 bits per heavy atom. The molecule has 0 aliphatic heterocycles. The first kappa shape index (κ1) is 11.7. The van der Waals surface area contributed by atoms with Crippen LogP contribution >= 0.6 is 0 Å². The number of nitrogens with zero attached hydrogens (tertiary/aromatic N) is 2. The first-order chi connectivity index (χ1) is 9.31. The maximum absolute atomic E-state index is 9.26. The Labute approximate surface area is 111 Å². The number of aliphatic hydroxyl groups is 1. The molecular formula is C15H15N3O. The van der Waals surface area contributed by atoms with Crippen molar-refractivity contribution in [2.24, 2.45) is 0 Å². The zero-order chi connectivity index (χ0) is 13.2. The second-order valence-electron chi connectivity index (χ2n) is 4.39. The van der Waals surface area contributed by atoms with Gasteiger partial charge in [0.1, 0.15) is 11.3 Å². The highest BCUT2D eigenvalue weighted by molar-refractivity contribution is 5.90. The number of fused-ring (bicyclic) bond motifs is 1. The van der Waals surface area contributed by atoms with Gasteiger partial charge in [0.2, 0.25) is 0 Å². The molecule has 3 aromatic rings. The molecule has 0 aliphatic rings. The lowest BCUT2D eigenvalue weighted by atomic mass is 10.2. The second kappa shape index (κ2) is 4.74. The Morgan fingerprint density at radius 1 is 1.05 bits per heavy atom. The molecule has 0 radical (unpaired) electrons. The summed E-state index contributed by atoms with van der Waals surface area (Å²) in [7, 11) is 0. The summed E-state index contributed by atoms with van der Waals surface area (Å²) < 4.78 is 2.00. The topological polar surface area (TPSA) is 64.1 Å². The molecule has 96 valence electrons. The number of nitrogen functional groups attached to an aromatic ring is 1. The van der Waals surface area contributed by atoms with Crippen molar-refractivity contribution in [2.75, 3.05) is 12.3 Å². The van der Waals surface area contributed by atoms with Crippen LogP contribution in [0.2, 0.25) is 0 Å². The van der Waals surface area contributed by atoms with Crippen LogP contribution in [0.4, 0.5) is 5.69 Å². The van der Waals surface area contributed by atoms with E-state index in [1.807, 2.05) is 53.1 Å². The van der Waals surface area contributed by atoms with Crippen LogP contribution in [0.5, 0.6) is 0 Å². The fourth-order valence-corrected chi connectivity index (χ4v) is 2.30. The number of hydrogen-bond acceptors (Lipinski definition) is 3. The summed E-state index contributed by atoms with van der Waals surface area (Å²) in [5.74, 6) is 0.836. The predicted octanol–water partition coefficient (Wildman–Crippen LogP) is 2.28. The zero-order valence-corrected chi connectivity index (χ0v) is 10.5. The molecule has 0 amide bonds. The average Bonchev–Trinajstić information content (AvgIpc) is 2.81. The molecular weight excluding hydrogens is 238 g/mol. The molecule has 3 N–H and O–H groups in total. The highest BCUT2D eigenvalue weighted by atomic mass is 16.3. The van der Waals surface area contributed by atoms with Gasteiger partial charge >= 0.3 is 0 Å². The molecule has 0 atom stereocenters. The smallest absolute Gasteiger partial charge is 0.141 e. The van der Waals surface area contributed by atoms with Crippen molar-refractivity contribution >= 4 is 16.7 Å². The van der Waals surface area contributed by atoms with E-state index in [2.05, 4.69) is 4.98 Å². The average molecular weight is 253 g/mol. The second-order valence-corrected chi connectivity index (χ2v) is 4.39. The highest BCUT2D eigenvalue weighted by Crippen LogP contribution is 2.27. The summed E-state index contributed by atoms with van der Waals surface area (Å²) in [5, 5.41) is 9.26. The Bertz CT molecular complexity index is 704. The van der Waals surface area contributed by atoms with Gasteiger partial charge in [-0.25, -0.2) is 4.98 Å². The molecule has 19 heavy (non-hydrogen) atoms. The molecule has 0 bridgehead atoms. The summed E-state index contributed by atoms with van der Waals surface area (Å²) in [6.45, 7) is 0.574. The summed E-state index contributed by atoms with van der Waals surface area (Å²) in [6, 6.07) is 15.6. The van der Waals surface area contributed by atoms with Gasteiger partial charge < -0.3 is 15.4 Å². The lowest BCUT2D eigenvalue weighted by Gasteiger charge is -2.07. The maximum atomic E-state index is 9.26. The summed E-state index contributed by atoms with van der Waals surface area (Å²) in [5.41, 5.74) is 9.39. The Morgan fingerprint density at radius 2 is 1.84 bits per heavy atom. The van der Waals surface area contributed by atoms with E-state index >= 15 is 0 Å². The fraction of sp³-hybridized carbons (Fsp3) is 0.133. The first-order valence-electron chi connectivity index (χ1n) is 6.22.